The lowest BCUT2D eigenvalue weighted by Crippen LogP contribution is -2.36. The van der Waals surface area contributed by atoms with E-state index in [1.807, 2.05) is 30.3 Å². The Kier molecular flexibility index (Phi) is 6.75. The normalized spacial score (nSPS) is 10.7. The minimum atomic E-state index is -0.398. The highest BCUT2D eigenvalue weighted by Crippen LogP contribution is 2.18. The molecule has 2 heterocycles. The predicted molar refractivity (Wildman–Crippen MR) is 126 cm³/mol. The number of nitrogens with zero attached hydrogens (tertiary/aromatic N) is 4. The van der Waals surface area contributed by atoms with E-state index < -0.39 is 11.5 Å². The summed E-state index contributed by atoms with van der Waals surface area (Å²) in [5.41, 5.74) is 2.22. The average molecular weight is 462 g/mol. The first-order valence-corrected chi connectivity index (χ1v) is 10.6. The summed E-state index contributed by atoms with van der Waals surface area (Å²) in [6.07, 6.45) is 0. The fourth-order valence-corrected chi connectivity index (χ4v) is 3.33. The second-order valence-corrected chi connectivity index (χ2v) is 7.65. The summed E-state index contributed by atoms with van der Waals surface area (Å²) in [4.78, 5) is 36.7. The number of halogens is 1. The molecular formula is C24H20ClN5O3. The van der Waals surface area contributed by atoms with Crippen LogP contribution in [0.5, 0.6) is 0 Å². The van der Waals surface area contributed by atoms with Crippen molar-refractivity contribution in [2.75, 3.05) is 6.54 Å². The van der Waals surface area contributed by atoms with Crippen LogP contribution in [-0.2, 0) is 17.9 Å². The van der Waals surface area contributed by atoms with Crippen molar-refractivity contribution in [3.8, 4) is 22.5 Å². The van der Waals surface area contributed by atoms with Gasteiger partial charge in [0.2, 0.25) is 5.91 Å². The van der Waals surface area contributed by atoms with E-state index in [-0.39, 0.29) is 25.2 Å². The van der Waals surface area contributed by atoms with Crippen LogP contribution < -0.4 is 16.4 Å². The van der Waals surface area contributed by atoms with E-state index in [0.29, 0.717) is 16.4 Å². The number of hydrogen-bond acceptors (Lipinski definition) is 5. The van der Waals surface area contributed by atoms with Crippen molar-refractivity contribution >= 4 is 17.5 Å². The second-order valence-electron chi connectivity index (χ2n) is 7.22. The van der Waals surface area contributed by atoms with Gasteiger partial charge in [0.15, 0.2) is 0 Å². The standard InChI is InChI=1S/C24H20ClN5O3/c25-19-8-6-18(7-9-19)21-11-13-24(33)30(28-21)16-22(31)26-14-15-29-23(32)12-10-20(27-29)17-4-2-1-3-5-17/h1-13H,14-16H2,(H,26,31). The van der Waals surface area contributed by atoms with Gasteiger partial charge in [-0.3, -0.25) is 14.4 Å². The molecule has 0 atom stereocenters. The summed E-state index contributed by atoms with van der Waals surface area (Å²) in [5, 5.41) is 11.9. The molecule has 0 aliphatic heterocycles. The summed E-state index contributed by atoms with van der Waals surface area (Å²) in [5.74, 6) is -0.398. The van der Waals surface area contributed by atoms with E-state index in [0.717, 1.165) is 15.8 Å². The van der Waals surface area contributed by atoms with Crippen molar-refractivity contribution < 1.29 is 4.79 Å². The Morgan fingerprint density at radius 3 is 2.00 bits per heavy atom. The summed E-state index contributed by atoms with van der Waals surface area (Å²) in [6.45, 7) is 0.126. The first kappa shape index (κ1) is 22.2. The van der Waals surface area contributed by atoms with Gasteiger partial charge in [-0.2, -0.15) is 10.2 Å². The molecule has 2 aromatic heterocycles. The van der Waals surface area contributed by atoms with Gasteiger partial charge < -0.3 is 5.32 Å². The molecule has 0 bridgehead atoms. The number of aromatic nitrogens is 4. The monoisotopic (exact) mass is 461 g/mol. The summed E-state index contributed by atoms with van der Waals surface area (Å²) in [7, 11) is 0. The largest absolute Gasteiger partial charge is 0.353 e. The predicted octanol–water partition coefficient (Wildman–Crippen LogP) is 2.60. The molecule has 4 aromatic rings. The zero-order valence-corrected chi connectivity index (χ0v) is 18.3. The molecule has 0 unspecified atom stereocenters. The van der Waals surface area contributed by atoms with Gasteiger partial charge in [0, 0.05) is 34.8 Å². The third kappa shape index (κ3) is 5.61. The van der Waals surface area contributed by atoms with Crippen LogP contribution in [0.2, 0.25) is 5.02 Å². The Labute approximate surface area is 194 Å². The molecule has 33 heavy (non-hydrogen) atoms. The fraction of sp³-hybridized carbons (Fsp3) is 0.125. The lowest BCUT2D eigenvalue weighted by atomic mass is 10.1. The van der Waals surface area contributed by atoms with E-state index in [1.54, 1.807) is 36.4 Å². The number of rotatable bonds is 7. The lowest BCUT2D eigenvalue weighted by molar-refractivity contribution is -0.121. The third-order valence-electron chi connectivity index (χ3n) is 4.88. The minimum Gasteiger partial charge on any atom is -0.353 e. The fourth-order valence-electron chi connectivity index (χ4n) is 3.20. The van der Waals surface area contributed by atoms with Crippen LogP contribution in [0.4, 0.5) is 0 Å². The van der Waals surface area contributed by atoms with Crippen LogP contribution >= 0.6 is 11.6 Å². The maximum absolute atomic E-state index is 12.4. The maximum atomic E-state index is 12.4. The van der Waals surface area contributed by atoms with Crippen molar-refractivity contribution in [2.24, 2.45) is 0 Å². The number of nitrogens with one attached hydrogen (secondary N) is 1. The number of carbonyl (C=O) groups excluding carboxylic acids is 1. The van der Waals surface area contributed by atoms with E-state index in [1.165, 1.54) is 16.8 Å². The number of benzene rings is 2. The summed E-state index contributed by atoms with van der Waals surface area (Å²) in [6, 6.07) is 22.6. The zero-order valence-electron chi connectivity index (χ0n) is 17.5. The highest BCUT2D eigenvalue weighted by molar-refractivity contribution is 6.30. The van der Waals surface area contributed by atoms with Gasteiger partial charge in [0.05, 0.1) is 17.9 Å². The Hall–Kier alpha value is -4.04. The van der Waals surface area contributed by atoms with Crippen molar-refractivity contribution in [3.63, 3.8) is 0 Å². The molecule has 0 aliphatic rings. The quantitative estimate of drug-likeness (QED) is 0.456. The lowest BCUT2D eigenvalue weighted by Gasteiger charge is -2.10. The maximum Gasteiger partial charge on any atom is 0.267 e. The molecule has 0 saturated heterocycles. The van der Waals surface area contributed by atoms with Crippen LogP contribution in [0.25, 0.3) is 22.5 Å². The zero-order chi connectivity index (χ0) is 23.2. The van der Waals surface area contributed by atoms with Crippen LogP contribution in [0.3, 0.4) is 0 Å². The van der Waals surface area contributed by atoms with Crippen LogP contribution in [0.1, 0.15) is 0 Å². The molecule has 9 heteroatoms. The van der Waals surface area contributed by atoms with Gasteiger partial charge >= 0.3 is 0 Å². The molecule has 2 aromatic carbocycles. The highest BCUT2D eigenvalue weighted by Gasteiger charge is 2.09. The first-order valence-electron chi connectivity index (χ1n) is 10.2. The second kappa shape index (κ2) is 10.1. The van der Waals surface area contributed by atoms with Gasteiger partial charge in [-0.25, -0.2) is 9.36 Å². The van der Waals surface area contributed by atoms with Gasteiger partial charge in [0.25, 0.3) is 11.1 Å². The average Bonchev–Trinajstić information content (AvgIpc) is 2.83. The minimum absolute atomic E-state index is 0.176. The van der Waals surface area contributed by atoms with Gasteiger partial charge in [-0.05, 0) is 24.3 Å². The molecule has 4 rings (SSSR count). The Balaban J connectivity index is 1.39. The van der Waals surface area contributed by atoms with Crippen LogP contribution in [-0.4, -0.2) is 32.0 Å². The van der Waals surface area contributed by atoms with Crippen LogP contribution in [0.15, 0.2) is 88.5 Å². The van der Waals surface area contributed by atoms with Crippen molar-refractivity contribution in [3.05, 3.63) is 105 Å². The Morgan fingerprint density at radius 1 is 0.758 bits per heavy atom. The molecule has 1 N–H and O–H groups in total. The molecule has 0 saturated carbocycles. The topological polar surface area (TPSA) is 98.9 Å². The number of amides is 1. The van der Waals surface area contributed by atoms with E-state index in [9.17, 15) is 14.4 Å². The van der Waals surface area contributed by atoms with E-state index in [2.05, 4.69) is 15.5 Å². The molecular weight excluding hydrogens is 442 g/mol. The summed E-state index contributed by atoms with van der Waals surface area (Å²) < 4.78 is 2.40. The van der Waals surface area contributed by atoms with Gasteiger partial charge in [-0.1, -0.05) is 54.1 Å². The smallest absolute Gasteiger partial charge is 0.267 e. The van der Waals surface area contributed by atoms with E-state index >= 15 is 0 Å². The number of hydrogen-bond donors (Lipinski definition) is 1. The van der Waals surface area contributed by atoms with Gasteiger partial charge in [0.1, 0.15) is 6.54 Å². The SMILES string of the molecule is O=C(Cn1nc(-c2ccc(Cl)cc2)ccc1=O)NCCn1nc(-c2ccccc2)ccc1=O. The first-order chi connectivity index (χ1) is 16.0. The molecule has 8 nitrogen and oxygen atoms in total. The Morgan fingerprint density at radius 2 is 1.33 bits per heavy atom. The van der Waals surface area contributed by atoms with Crippen molar-refractivity contribution in [2.45, 2.75) is 13.1 Å². The number of carbonyl (C=O) groups is 1. The molecule has 0 fully saturated rings. The van der Waals surface area contributed by atoms with Gasteiger partial charge in [-0.15, -0.1) is 0 Å². The van der Waals surface area contributed by atoms with Crippen LogP contribution in [0, 0.1) is 0 Å². The highest BCUT2D eigenvalue weighted by atomic mass is 35.5. The molecule has 0 aliphatic carbocycles. The van der Waals surface area contributed by atoms with E-state index in [4.69, 9.17) is 11.6 Å². The van der Waals surface area contributed by atoms with Crippen molar-refractivity contribution in [1.82, 2.24) is 24.9 Å². The van der Waals surface area contributed by atoms with Crippen molar-refractivity contribution in [1.29, 1.82) is 0 Å². The Bertz CT molecular complexity index is 1380. The molecule has 0 spiro atoms. The molecule has 0 radical (unpaired) electrons. The summed E-state index contributed by atoms with van der Waals surface area (Å²) >= 11 is 5.91. The third-order valence-corrected chi connectivity index (χ3v) is 5.13. The molecule has 1 amide bonds. The molecule has 166 valence electrons.